The molecule has 0 radical (unpaired) electrons. The number of nitrogens with one attached hydrogen (secondary N) is 1. The van der Waals surface area contributed by atoms with E-state index in [-0.39, 0.29) is 6.10 Å². The van der Waals surface area contributed by atoms with Crippen LogP contribution in [0.25, 0.3) is 0 Å². The van der Waals surface area contributed by atoms with Crippen LogP contribution in [0.2, 0.25) is 0 Å². The first-order valence-corrected chi connectivity index (χ1v) is 6.15. The number of hydrogen-bond acceptors (Lipinski definition) is 3. The van der Waals surface area contributed by atoms with E-state index >= 15 is 0 Å². The summed E-state index contributed by atoms with van der Waals surface area (Å²) < 4.78 is 0. The van der Waals surface area contributed by atoms with Crippen LogP contribution in [-0.4, -0.2) is 17.7 Å². The Hall–Kier alpha value is -0.380. The maximum atomic E-state index is 9.79. The molecule has 1 aromatic heterocycles. The number of rotatable bonds is 6. The Morgan fingerprint density at radius 1 is 1.43 bits per heavy atom. The molecule has 0 fully saturated rings. The molecule has 14 heavy (non-hydrogen) atoms. The minimum Gasteiger partial charge on any atom is -0.387 e. The zero-order valence-corrected chi connectivity index (χ0v) is 9.68. The van der Waals surface area contributed by atoms with Gasteiger partial charge in [-0.1, -0.05) is 13.8 Å². The van der Waals surface area contributed by atoms with Gasteiger partial charge < -0.3 is 10.4 Å². The second kappa shape index (κ2) is 6.17. The maximum absolute atomic E-state index is 9.79. The highest BCUT2D eigenvalue weighted by Gasteiger charge is 2.09. The van der Waals surface area contributed by atoms with E-state index in [1.54, 1.807) is 11.3 Å². The van der Waals surface area contributed by atoms with Crippen molar-refractivity contribution in [1.29, 1.82) is 0 Å². The Bertz CT molecular complexity index is 231. The highest BCUT2D eigenvalue weighted by atomic mass is 32.1. The van der Waals surface area contributed by atoms with E-state index in [1.807, 2.05) is 16.8 Å². The summed E-state index contributed by atoms with van der Waals surface area (Å²) in [4.78, 5) is 0. The summed E-state index contributed by atoms with van der Waals surface area (Å²) in [6.07, 6.45) is 1.88. The van der Waals surface area contributed by atoms with Crippen LogP contribution in [0.3, 0.4) is 0 Å². The Kier molecular flexibility index (Phi) is 5.15. The first-order valence-electron chi connectivity index (χ1n) is 5.21. The van der Waals surface area contributed by atoms with E-state index in [9.17, 15) is 5.11 Å². The van der Waals surface area contributed by atoms with Crippen LogP contribution in [0.5, 0.6) is 0 Å². The first-order chi connectivity index (χ1) is 6.77. The van der Waals surface area contributed by atoms with Gasteiger partial charge in [0.15, 0.2) is 0 Å². The molecule has 0 aliphatic rings. The molecule has 1 unspecified atom stereocenters. The van der Waals surface area contributed by atoms with Crippen molar-refractivity contribution < 1.29 is 5.11 Å². The standard InChI is InChI=1S/C11H19NOS/c1-3-10(4-2)12-7-11(13)9-5-6-14-8-9/h5-6,8,10-13H,3-4,7H2,1-2H3. The van der Waals surface area contributed by atoms with Crippen molar-refractivity contribution in [2.24, 2.45) is 0 Å². The van der Waals surface area contributed by atoms with Gasteiger partial charge in [0.2, 0.25) is 0 Å². The van der Waals surface area contributed by atoms with Crippen LogP contribution >= 0.6 is 11.3 Å². The lowest BCUT2D eigenvalue weighted by atomic mass is 10.1. The Morgan fingerprint density at radius 2 is 2.14 bits per heavy atom. The van der Waals surface area contributed by atoms with Gasteiger partial charge in [-0.15, -0.1) is 0 Å². The van der Waals surface area contributed by atoms with E-state index in [0.29, 0.717) is 12.6 Å². The van der Waals surface area contributed by atoms with E-state index in [4.69, 9.17) is 0 Å². The van der Waals surface area contributed by atoms with Gasteiger partial charge in [-0.3, -0.25) is 0 Å². The highest BCUT2D eigenvalue weighted by molar-refractivity contribution is 7.07. The van der Waals surface area contributed by atoms with Crippen molar-refractivity contribution in [2.45, 2.75) is 38.8 Å². The molecule has 0 aliphatic heterocycles. The van der Waals surface area contributed by atoms with Crippen LogP contribution < -0.4 is 5.32 Å². The predicted octanol–water partition coefficient (Wildman–Crippen LogP) is 2.56. The molecule has 0 aromatic carbocycles. The lowest BCUT2D eigenvalue weighted by Gasteiger charge is -2.17. The van der Waals surface area contributed by atoms with Crippen LogP contribution in [0.4, 0.5) is 0 Å². The molecule has 1 aromatic rings. The summed E-state index contributed by atoms with van der Waals surface area (Å²) in [5.74, 6) is 0. The third kappa shape index (κ3) is 3.40. The van der Waals surface area contributed by atoms with Gasteiger partial charge in [0.1, 0.15) is 0 Å². The minimum absolute atomic E-state index is 0.359. The average Bonchev–Trinajstić information content (AvgIpc) is 2.72. The molecule has 3 heteroatoms. The van der Waals surface area contributed by atoms with Crippen molar-refractivity contribution in [3.05, 3.63) is 22.4 Å². The van der Waals surface area contributed by atoms with Crippen molar-refractivity contribution in [2.75, 3.05) is 6.54 Å². The predicted molar refractivity (Wildman–Crippen MR) is 61.7 cm³/mol. The number of aliphatic hydroxyl groups excluding tert-OH is 1. The normalized spacial score (nSPS) is 13.4. The molecule has 0 saturated heterocycles. The van der Waals surface area contributed by atoms with Crippen molar-refractivity contribution in [3.63, 3.8) is 0 Å². The topological polar surface area (TPSA) is 32.3 Å². The van der Waals surface area contributed by atoms with E-state index in [0.717, 1.165) is 18.4 Å². The third-order valence-electron chi connectivity index (χ3n) is 2.51. The molecule has 0 bridgehead atoms. The van der Waals surface area contributed by atoms with Crippen LogP contribution in [0.15, 0.2) is 16.8 Å². The zero-order chi connectivity index (χ0) is 10.4. The molecule has 0 saturated carbocycles. The largest absolute Gasteiger partial charge is 0.387 e. The molecular formula is C11H19NOS. The molecule has 80 valence electrons. The fourth-order valence-electron chi connectivity index (χ4n) is 1.44. The fourth-order valence-corrected chi connectivity index (χ4v) is 2.15. The molecule has 0 aliphatic carbocycles. The fraction of sp³-hybridized carbons (Fsp3) is 0.636. The summed E-state index contributed by atoms with van der Waals surface area (Å²) in [5, 5.41) is 17.2. The number of thiophene rings is 1. The Balaban J connectivity index is 2.31. The highest BCUT2D eigenvalue weighted by Crippen LogP contribution is 2.15. The summed E-state index contributed by atoms with van der Waals surface area (Å²) in [7, 11) is 0. The van der Waals surface area contributed by atoms with Crippen molar-refractivity contribution in [1.82, 2.24) is 5.32 Å². The lowest BCUT2D eigenvalue weighted by molar-refractivity contribution is 0.169. The minimum atomic E-state index is -0.359. The van der Waals surface area contributed by atoms with E-state index in [1.165, 1.54) is 0 Å². The summed E-state index contributed by atoms with van der Waals surface area (Å²) >= 11 is 1.63. The maximum Gasteiger partial charge on any atom is 0.0922 e. The summed E-state index contributed by atoms with van der Waals surface area (Å²) in [6, 6.07) is 2.51. The van der Waals surface area contributed by atoms with E-state index < -0.39 is 0 Å². The van der Waals surface area contributed by atoms with Crippen molar-refractivity contribution >= 4 is 11.3 Å². The smallest absolute Gasteiger partial charge is 0.0922 e. The molecule has 0 amide bonds. The Morgan fingerprint density at radius 3 is 2.64 bits per heavy atom. The first kappa shape index (κ1) is 11.7. The average molecular weight is 213 g/mol. The van der Waals surface area contributed by atoms with Gasteiger partial charge in [0.05, 0.1) is 6.10 Å². The molecule has 2 nitrogen and oxygen atoms in total. The van der Waals surface area contributed by atoms with Gasteiger partial charge in [0, 0.05) is 12.6 Å². The zero-order valence-electron chi connectivity index (χ0n) is 8.86. The molecule has 1 rings (SSSR count). The van der Waals surface area contributed by atoms with Crippen LogP contribution in [-0.2, 0) is 0 Å². The third-order valence-corrected chi connectivity index (χ3v) is 3.21. The quantitative estimate of drug-likeness (QED) is 0.761. The van der Waals surface area contributed by atoms with E-state index in [2.05, 4.69) is 19.2 Å². The number of hydrogen-bond donors (Lipinski definition) is 2. The van der Waals surface area contributed by atoms with Gasteiger partial charge in [-0.05, 0) is 35.2 Å². The second-order valence-electron chi connectivity index (χ2n) is 3.49. The Labute approximate surface area is 90.0 Å². The molecule has 0 spiro atoms. The summed E-state index contributed by atoms with van der Waals surface area (Å²) in [6.45, 7) is 4.99. The lowest BCUT2D eigenvalue weighted by Crippen LogP contribution is -2.31. The monoisotopic (exact) mass is 213 g/mol. The van der Waals surface area contributed by atoms with Gasteiger partial charge in [-0.2, -0.15) is 11.3 Å². The van der Waals surface area contributed by atoms with Crippen LogP contribution in [0.1, 0.15) is 38.4 Å². The van der Waals surface area contributed by atoms with Crippen molar-refractivity contribution in [3.8, 4) is 0 Å². The molecule has 2 N–H and O–H groups in total. The van der Waals surface area contributed by atoms with Gasteiger partial charge >= 0.3 is 0 Å². The van der Waals surface area contributed by atoms with Crippen LogP contribution in [0, 0.1) is 0 Å². The SMILES string of the molecule is CCC(CC)NCC(O)c1ccsc1. The summed E-state index contributed by atoms with van der Waals surface area (Å²) in [5.41, 5.74) is 1.02. The van der Waals surface area contributed by atoms with Gasteiger partial charge in [0.25, 0.3) is 0 Å². The second-order valence-corrected chi connectivity index (χ2v) is 4.27. The van der Waals surface area contributed by atoms with Gasteiger partial charge in [-0.25, -0.2) is 0 Å². The molecule has 1 atom stereocenters. The number of aliphatic hydroxyl groups is 1. The molecular weight excluding hydrogens is 194 g/mol. The molecule has 1 heterocycles.